The fourth-order valence-corrected chi connectivity index (χ4v) is 2.57. The molecule has 0 aliphatic carbocycles. The Morgan fingerprint density at radius 3 is 2.81 bits per heavy atom. The second-order valence-electron chi connectivity index (χ2n) is 4.60. The SMILES string of the molecule is Cc1ccc(C(C)NC(=O)COc2ccc(Cl)cc2Br)o1. The van der Waals surface area contributed by atoms with E-state index in [0.717, 1.165) is 5.76 Å². The largest absolute Gasteiger partial charge is 0.483 e. The first-order chi connectivity index (χ1) is 9.95. The van der Waals surface area contributed by atoms with Crippen LogP contribution in [0.15, 0.2) is 39.2 Å². The smallest absolute Gasteiger partial charge is 0.258 e. The van der Waals surface area contributed by atoms with Crippen LogP contribution in [0.4, 0.5) is 0 Å². The van der Waals surface area contributed by atoms with Gasteiger partial charge in [0.2, 0.25) is 0 Å². The number of benzene rings is 1. The van der Waals surface area contributed by atoms with Crippen molar-refractivity contribution in [1.29, 1.82) is 0 Å². The Balaban J connectivity index is 1.87. The van der Waals surface area contributed by atoms with Crippen molar-refractivity contribution in [1.82, 2.24) is 5.32 Å². The number of nitrogens with one attached hydrogen (secondary N) is 1. The molecular weight excluding hydrogens is 358 g/mol. The van der Waals surface area contributed by atoms with Crippen molar-refractivity contribution in [3.05, 3.63) is 51.3 Å². The summed E-state index contributed by atoms with van der Waals surface area (Å²) in [4.78, 5) is 11.9. The van der Waals surface area contributed by atoms with Crippen LogP contribution < -0.4 is 10.1 Å². The van der Waals surface area contributed by atoms with Gasteiger partial charge < -0.3 is 14.5 Å². The summed E-state index contributed by atoms with van der Waals surface area (Å²) in [5, 5.41) is 3.41. The lowest BCUT2D eigenvalue weighted by atomic mass is 10.2. The van der Waals surface area contributed by atoms with Crippen molar-refractivity contribution in [3.63, 3.8) is 0 Å². The van der Waals surface area contributed by atoms with Crippen LogP contribution in [0.2, 0.25) is 5.02 Å². The molecule has 0 fully saturated rings. The molecule has 6 heteroatoms. The van der Waals surface area contributed by atoms with Gasteiger partial charge in [0.15, 0.2) is 6.61 Å². The number of aryl methyl sites for hydroxylation is 1. The zero-order valence-electron chi connectivity index (χ0n) is 11.7. The van der Waals surface area contributed by atoms with Crippen LogP contribution in [0.3, 0.4) is 0 Å². The van der Waals surface area contributed by atoms with E-state index < -0.39 is 0 Å². The van der Waals surface area contributed by atoms with Crippen molar-refractivity contribution in [2.24, 2.45) is 0 Å². The van der Waals surface area contributed by atoms with Gasteiger partial charge in [-0.3, -0.25) is 4.79 Å². The van der Waals surface area contributed by atoms with E-state index >= 15 is 0 Å². The minimum absolute atomic E-state index is 0.0791. The first-order valence-corrected chi connectivity index (χ1v) is 7.56. The number of ether oxygens (including phenoxy) is 1. The summed E-state index contributed by atoms with van der Waals surface area (Å²) >= 11 is 9.17. The number of carbonyl (C=O) groups is 1. The summed E-state index contributed by atoms with van der Waals surface area (Å²) in [6.07, 6.45) is 0. The average Bonchev–Trinajstić information content (AvgIpc) is 2.84. The molecule has 21 heavy (non-hydrogen) atoms. The minimum atomic E-state index is -0.224. The maximum Gasteiger partial charge on any atom is 0.258 e. The second kappa shape index (κ2) is 7.00. The lowest BCUT2D eigenvalue weighted by Gasteiger charge is -2.13. The molecule has 0 saturated carbocycles. The number of hydrogen-bond donors (Lipinski definition) is 1. The van der Waals surface area contributed by atoms with E-state index in [1.807, 2.05) is 26.0 Å². The van der Waals surface area contributed by atoms with Crippen molar-refractivity contribution < 1.29 is 13.9 Å². The predicted molar refractivity (Wildman–Crippen MR) is 84.6 cm³/mol. The summed E-state index contributed by atoms with van der Waals surface area (Å²) in [5.74, 6) is 1.87. The molecule has 0 spiro atoms. The van der Waals surface area contributed by atoms with Crippen LogP contribution in [-0.4, -0.2) is 12.5 Å². The maximum absolute atomic E-state index is 11.9. The molecular formula is C15H15BrClNO3. The molecule has 0 saturated heterocycles. The summed E-state index contributed by atoms with van der Waals surface area (Å²) in [6.45, 7) is 3.64. The number of amides is 1. The van der Waals surface area contributed by atoms with Gasteiger partial charge in [0.05, 0.1) is 10.5 Å². The van der Waals surface area contributed by atoms with Crippen LogP contribution in [0, 0.1) is 6.92 Å². The van der Waals surface area contributed by atoms with Gasteiger partial charge in [0.25, 0.3) is 5.91 Å². The highest BCUT2D eigenvalue weighted by atomic mass is 79.9. The summed E-state index contributed by atoms with van der Waals surface area (Å²) in [5.41, 5.74) is 0. The Labute approximate surface area is 136 Å². The number of carbonyl (C=O) groups excluding carboxylic acids is 1. The molecule has 4 nitrogen and oxygen atoms in total. The molecule has 1 aromatic heterocycles. The van der Waals surface area contributed by atoms with Gasteiger partial charge in [-0.15, -0.1) is 0 Å². The fourth-order valence-electron chi connectivity index (χ4n) is 1.78. The Morgan fingerprint density at radius 2 is 2.19 bits per heavy atom. The van der Waals surface area contributed by atoms with E-state index in [1.54, 1.807) is 18.2 Å². The number of hydrogen-bond acceptors (Lipinski definition) is 3. The zero-order chi connectivity index (χ0) is 15.4. The molecule has 0 aliphatic rings. The number of rotatable bonds is 5. The summed E-state index contributed by atoms with van der Waals surface area (Å²) in [6, 6.07) is 8.62. The summed E-state index contributed by atoms with van der Waals surface area (Å²) < 4.78 is 11.6. The van der Waals surface area contributed by atoms with E-state index in [1.165, 1.54) is 0 Å². The van der Waals surface area contributed by atoms with Gasteiger partial charge in [0, 0.05) is 5.02 Å². The van der Waals surface area contributed by atoms with Crippen LogP contribution >= 0.6 is 27.5 Å². The first kappa shape index (κ1) is 15.9. The molecule has 1 atom stereocenters. The molecule has 0 aliphatic heterocycles. The van der Waals surface area contributed by atoms with E-state index in [0.29, 0.717) is 21.0 Å². The third kappa shape index (κ3) is 4.51. The van der Waals surface area contributed by atoms with Crippen LogP contribution in [0.5, 0.6) is 5.75 Å². The third-order valence-corrected chi connectivity index (χ3v) is 3.67. The normalized spacial score (nSPS) is 12.0. The summed E-state index contributed by atoms with van der Waals surface area (Å²) in [7, 11) is 0. The van der Waals surface area contributed by atoms with Gasteiger partial charge >= 0.3 is 0 Å². The van der Waals surface area contributed by atoms with Gasteiger partial charge in [0.1, 0.15) is 17.3 Å². The Hall–Kier alpha value is -1.46. The van der Waals surface area contributed by atoms with Crippen molar-refractivity contribution in [3.8, 4) is 5.75 Å². The molecule has 1 aromatic carbocycles. The van der Waals surface area contributed by atoms with Crippen LogP contribution in [0.1, 0.15) is 24.5 Å². The van der Waals surface area contributed by atoms with Crippen molar-refractivity contribution >= 4 is 33.4 Å². The quantitative estimate of drug-likeness (QED) is 0.853. The Bertz CT molecular complexity index is 642. The molecule has 2 aromatic rings. The third-order valence-electron chi connectivity index (χ3n) is 2.82. The number of furan rings is 1. The van der Waals surface area contributed by atoms with Crippen molar-refractivity contribution in [2.45, 2.75) is 19.9 Å². The van der Waals surface area contributed by atoms with Crippen molar-refractivity contribution in [2.75, 3.05) is 6.61 Å². The molecule has 1 N–H and O–H groups in total. The highest BCUT2D eigenvalue weighted by molar-refractivity contribution is 9.10. The lowest BCUT2D eigenvalue weighted by molar-refractivity contribution is -0.123. The number of halogens is 2. The molecule has 1 amide bonds. The van der Waals surface area contributed by atoms with Gasteiger partial charge in [-0.25, -0.2) is 0 Å². The van der Waals surface area contributed by atoms with Crippen LogP contribution in [0.25, 0.3) is 0 Å². The Kier molecular flexibility index (Phi) is 5.31. The molecule has 0 radical (unpaired) electrons. The molecule has 2 rings (SSSR count). The topological polar surface area (TPSA) is 51.5 Å². The first-order valence-electron chi connectivity index (χ1n) is 6.39. The molecule has 112 valence electrons. The van der Waals surface area contributed by atoms with E-state index in [9.17, 15) is 4.79 Å². The van der Waals surface area contributed by atoms with E-state index in [-0.39, 0.29) is 18.6 Å². The molecule has 1 unspecified atom stereocenters. The van der Waals surface area contributed by atoms with Gasteiger partial charge in [-0.1, -0.05) is 11.6 Å². The monoisotopic (exact) mass is 371 g/mol. The predicted octanol–water partition coefficient (Wildman–Crippen LogP) is 4.26. The highest BCUT2D eigenvalue weighted by Gasteiger charge is 2.13. The van der Waals surface area contributed by atoms with E-state index in [2.05, 4.69) is 21.2 Å². The second-order valence-corrected chi connectivity index (χ2v) is 5.89. The van der Waals surface area contributed by atoms with Crippen LogP contribution in [-0.2, 0) is 4.79 Å². The fraction of sp³-hybridized carbons (Fsp3) is 0.267. The average molecular weight is 373 g/mol. The zero-order valence-corrected chi connectivity index (χ0v) is 14.0. The standard InChI is InChI=1S/C15H15BrClNO3/c1-9-3-5-13(21-9)10(2)18-15(19)8-20-14-6-4-11(17)7-12(14)16/h3-7,10H,8H2,1-2H3,(H,18,19). The Morgan fingerprint density at radius 1 is 1.43 bits per heavy atom. The lowest BCUT2D eigenvalue weighted by Crippen LogP contribution is -2.31. The highest BCUT2D eigenvalue weighted by Crippen LogP contribution is 2.27. The molecule has 0 bridgehead atoms. The van der Waals surface area contributed by atoms with Gasteiger partial charge in [-0.05, 0) is 60.1 Å². The van der Waals surface area contributed by atoms with E-state index in [4.69, 9.17) is 20.8 Å². The minimum Gasteiger partial charge on any atom is -0.483 e. The molecule has 1 heterocycles. The maximum atomic E-state index is 11.9. The van der Waals surface area contributed by atoms with Gasteiger partial charge in [-0.2, -0.15) is 0 Å².